The Bertz CT molecular complexity index is 746. The molecule has 196 valence electrons. The Balaban J connectivity index is 0.983. The highest BCUT2D eigenvalue weighted by Gasteiger charge is 2.55. The molecule has 7 rings (SSSR count). The number of nitrogens with one attached hydrogen (secondary N) is 1. The fourth-order valence-electron chi connectivity index (χ4n) is 9.19. The summed E-state index contributed by atoms with van der Waals surface area (Å²) in [5.74, 6) is 3.01. The predicted octanol–water partition coefficient (Wildman–Crippen LogP) is 2.50. The van der Waals surface area contributed by atoms with Gasteiger partial charge in [0.05, 0.1) is 25.2 Å². The Morgan fingerprint density at radius 1 is 0.800 bits per heavy atom. The molecule has 2 heterocycles. The fraction of sp³-hybridized carbons (Fsp3) is 0.929. The highest BCUT2D eigenvalue weighted by Crippen LogP contribution is 2.60. The molecule has 0 atom stereocenters. The van der Waals surface area contributed by atoms with Crippen molar-refractivity contribution in [1.29, 1.82) is 0 Å². The van der Waals surface area contributed by atoms with E-state index in [-0.39, 0.29) is 16.9 Å². The van der Waals surface area contributed by atoms with E-state index in [2.05, 4.69) is 20.0 Å². The van der Waals surface area contributed by atoms with Crippen LogP contribution in [0.1, 0.15) is 70.6 Å². The SMILES string of the molecule is O=C(CN1CCN(C(=O)C23CC4CC(CC(C4)C2)C3)CC1)NCC1(N2CCOCC2)CCCCC1. The predicted molar refractivity (Wildman–Crippen MR) is 135 cm³/mol. The highest BCUT2D eigenvalue weighted by atomic mass is 16.5. The second-order valence-corrected chi connectivity index (χ2v) is 12.9. The van der Waals surface area contributed by atoms with Crippen LogP contribution in [0.2, 0.25) is 0 Å². The second-order valence-electron chi connectivity index (χ2n) is 12.9. The van der Waals surface area contributed by atoms with Gasteiger partial charge in [0.15, 0.2) is 0 Å². The number of morpholine rings is 1. The number of rotatable bonds is 6. The van der Waals surface area contributed by atoms with Crippen LogP contribution in [-0.2, 0) is 14.3 Å². The van der Waals surface area contributed by atoms with E-state index in [0.29, 0.717) is 12.5 Å². The summed E-state index contributed by atoms with van der Waals surface area (Å²) in [6.07, 6.45) is 13.7. The molecule has 2 amide bonds. The molecule has 1 N–H and O–H groups in total. The molecule has 4 bridgehead atoms. The number of amides is 2. The molecule has 7 fully saturated rings. The van der Waals surface area contributed by atoms with Crippen LogP contribution in [0.3, 0.4) is 0 Å². The number of carbonyl (C=O) groups excluding carboxylic acids is 2. The third-order valence-corrected chi connectivity index (χ3v) is 10.6. The van der Waals surface area contributed by atoms with Gasteiger partial charge in [0, 0.05) is 51.4 Å². The molecule has 0 aromatic heterocycles. The first-order chi connectivity index (χ1) is 17.0. The van der Waals surface area contributed by atoms with Crippen molar-refractivity contribution in [3.05, 3.63) is 0 Å². The minimum atomic E-state index is -0.0396. The van der Waals surface area contributed by atoms with Gasteiger partial charge in [0.2, 0.25) is 11.8 Å². The third-order valence-electron chi connectivity index (χ3n) is 10.6. The van der Waals surface area contributed by atoms with Crippen LogP contribution in [-0.4, -0.2) is 97.6 Å². The molecule has 5 saturated carbocycles. The zero-order valence-electron chi connectivity index (χ0n) is 21.6. The molecule has 2 aliphatic heterocycles. The summed E-state index contributed by atoms with van der Waals surface area (Å²) in [5, 5.41) is 3.32. The van der Waals surface area contributed by atoms with Crippen LogP contribution >= 0.6 is 0 Å². The van der Waals surface area contributed by atoms with Crippen LogP contribution in [0.5, 0.6) is 0 Å². The molecule has 7 heteroatoms. The average molecular weight is 487 g/mol. The van der Waals surface area contributed by atoms with Crippen molar-refractivity contribution >= 4 is 11.8 Å². The first-order valence-corrected chi connectivity index (χ1v) is 14.6. The molecular formula is C28H46N4O3. The topological polar surface area (TPSA) is 65.1 Å². The monoisotopic (exact) mass is 486 g/mol. The molecule has 0 aromatic carbocycles. The first-order valence-electron chi connectivity index (χ1n) is 14.6. The lowest BCUT2D eigenvalue weighted by Crippen LogP contribution is -2.61. The zero-order chi connectivity index (χ0) is 23.9. The Hall–Kier alpha value is -1.18. The van der Waals surface area contributed by atoms with Gasteiger partial charge >= 0.3 is 0 Å². The van der Waals surface area contributed by atoms with Gasteiger partial charge in [-0.1, -0.05) is 19.3 Å². The average Bonchev–Trinajstić information content (AvgIpc) is 2.88. The lowest BCUT2D eigenvalue weighted by Gasteiger charge is -2.57. The molecule has 0 radical (unpaired) electrons. The van der Waals surface area contributed by atoms with E-state index in [1.807, 2.05) is 0 Å². The van der Waals surface area contributed by atoms with E-state index in [4.69, 9.17) is 4.74 Å². The molecular weight excluding hydrogens is 440 g/mol. The van der Waals surface area contributed by atoms with E-state index >= 15 is 0 Å². The van der Waals surface area contributed by atoms with Crippen LogP contribution in [0.25, 0.3) is 0 Å². The van der Waals surface area contributed by atoms with Gasteiger partial charge in [-0.15, -0.1) is 0 Å². The summed E-state index contributed by atoms with van der Waals surface area (Å²) in [5.41, 5.74) is 0.0722. The Labute approximate surface area is 211 Å². The summed E-state index contributed by atoms with van der Waals surface area (Å²) in [6, 6.07) is 0. The maximum absolute atomic E-state index is 13.7. The van der Waals surface area contributed by atoms with Crippen LogP contribution < -0.4 is 5.32 Å². The van der Waals surface area contributed by atoms with E-state index in [1.165, 1.54) is 51.4 Å². The largest absolute Gasteiger partial charge is 0.379 e. The molecule has 0 aromatic rings. The van der Waals surface area contributed by atoms with Gasteiger partial charge in [0.25, 0.3) is 0 Å². The molecule has 7 nitrogen and oxygen atoms in total. The fourth-order valence-corrected chi connectivity index (χ4v) is 9.19. The van der Waals surface area contributed by atoms with Crippen LogP contribution in [0, 0.1) is 23.2 Å². The van der Waals surface area contributed by atoms with Crippen LogP contribution in [0.15, 0.2) is 0 Å². The number of nitrogens with zero attached hydrogens (tertiary/aromatic N) is 3. The van der Waals surface area contributed by atoms with Crippen molar-refractivity contribution in [3.63, 3.8) is 0 Å². The van der Waals surface area contributed by atoms with Crippen molar-refractivity contribution in [1.82, 2.24) is 20.0 Å². The molecule has 5 aliphatic carbocycles. The first kappa shape index (κ1) is 24.2. The minimum absolute atomic E-state index is 0.0396. The van der Waals surface area contributed by atoms with E-state index in [9.17, 15) is 9.59 Å². The second kappa shape index (κ2) is 9.94. The standard InChI is InChI=1S/C28H46N4O3/c33-25(29-21-28(4-2-1-3-5-28)32-10-12-35-13-11-32)20-30-6-8-31(9-7-30)26(34)27-17-22-14-23(18-27)16-24(15-22)19-27/h22-24H,1-21H2,(H,29,33). The van der Waals surface area contributed by atoms with E-state index < -0.39 is 0 Å². The highest BCUT2D eigenvalue weighted by molar-refractivity contribution is 5.83. The number of piperazine rings is 1. The number of hydrogen-bond donors (Lipinski definition) is 1. The summed E-state index contributed by atoms with van der Waals surface area (Å²) >= 11 is 0. The number of hydrogen-bond acceptors (Lipinski definition) is 5. The molecule has 7 aliphatic rings. The van der Waals surface area contributed by atoms with Gasteiger partial charge in [0.1, 0.15) is 0 Å². The van der Waals surface area contributed by atoms with Crippen LogP contribution in [0.4, 0.5) is 0 Å². The lowest BCUT2D eigenvalue weighted by molar-refractivity contribution is -0.159. The number of carbonyl (C=O) groups is 2. The van der Waals surface area contributed by atoms with E-state index in [0.717, 1.165) is 96.0 Å². The summed E-state index contributed by atoms with van der Waals surface area (Å²) in [6.45, 7) is 8.00. The van der Waals surface area contributed by atoms with Crippen molar-refractivity contribution in [2.24, 2.45) is 23.2 Å². The third kappa shape index (κ3) is 4.89. The van der Waals surface area contributed by atoms with Crippen molar-refractivity contribution in [2.75, 3.05) is 65.6 Å². The van der Waals surface area contributed by atoms with E-state index in [1.54, 1.807) is 0 Å². The zero-order valence-corrected chi connectivity index (χ0v) is 21.6. The van der Waals surface area contributed by atoms with Crippen molar-refractivity contribution < 1.29 is 14.3 Å². The molecule has 2 saturated heterocycles. The van der Waals surface area contributed by atoms with Gasteiger partial charge in [-0.25, -0.2) is 0 Å². The quantitative estimate of drug-likeness (QED) is 0.625. The Kier molecular flexibility index (Phi) is 6.87. The minimum Gasteiger partial charge on any atom is -0.379 e. The maximum Gasteiger partial charge on any atom is 0.234 e. The lowest BCUT2D eigenvalue weighted by atomic mass is 9.49. The van der Waals surface area contributed by atoms with Crippen molar-refractivity contribution in [3.8, 4) is 0 Å². The van der Waals surface area contributed by atoms with Gasteiger partial charge in [-0.2, -0.15) is 0 Å². The Morgan fingerprint density at radius 2 is 1.40 bits per heavy atom. The molecule has 35 heavy (non-hydrogen) atoms. The van der Waals surface area contributed by atoms with Gasteiger partial charge < -0.3 is 15.0 Å². The normalized spacial score (nSPS) is 37.4. The Morgan fingerprint density at radius 3 is 2.00 bits per heavy atom. The summed E-state index contributed by atoms with van der Waals surface area (Å²) < 4.78 is 5.59. The molecule has 0 unspecified atom stereocenters. The van der Waals surface area contributed by atoms with Crippen molar-refractivity contribution in [2.45, 2.75) is 76.2 Å². The molecule has 0 spiro atoms. The summed E-state index contributed by atoms with van der Waals surface area (Å²) in [7, 11) is 0. The summed E-state index contributed by atoms with van der Waals surface area (Å²) in [4.78, 5) is 33.6. The van der Waals surface area contributed by atoms with Gasteiger partial charge in [-0.3, -0.25) is 19.4 Å². The maximum atomic E-state index is 13.7. The smallest absolute Gasteiger partial charge is 0.234 e. The van der Waals surface area contributed by atoms with Gasteiger partial charge in [-0.05, 0) is 69.1 Å². The number of ether oxygens (including phenoxy) is 1.